The van der Waals surface area contributed by atoms with Gasteiger partial charge in [0, 0.05) is 13.1 Å². The van der Waals surface area contributed by atoms with Crippen molar-refractivity contribution in [3.05, 3.63) is 0 Å². The lowest BCUT2D eigenvalue weighted by atomic mass is 9.59. The number of hydrogen-bond acceptors (Lipinski definition) is 4. The highest BCUT2D eigenvalue weighted by atomic mass is 16.6. The molecule has 0 aromatic heterocycles. The van der Waals surface area contributed by atoms with Crippen LogP contribution in [0.5, 0.6) is 0 Å². The zero-order valence-corrected chi connectivity index (χ0v) is 13.0. The molecule has 5 nitrogen and oxygen atoms in total. The molecule has 1 amide bonds. The van der Waals surface area contributed by atoms with E-state index in [4.69, 9.17) is 9.94 Å². The summed E-state index contributed by atoms with van der Waals surface area (Å²) in [5.74, 6) is 0. The van der Waals surface area contributed by atoms with Crippen LogP contribution in [0.15, 0.2) is 5.16 Å². The van der Waals surface area contributed by atoms with Gasteiger partial charge in [0.05, 0.1) is 5.71 Å². The third-order valence-corrected chi connectivity index (χ3v) is 4.54. The van der Waals surface area contributed by atoms with E-state index < -0.39 is 5.60 Å². The molecule has 0 aromatic rings. The second-order valence-electron chi connectivity index (χ2n) is 7.34. The van der Waals surface area contributed by atoms with Crippen molar-refractivity contribution in [3.63, 3.8) is 0 Å². The quantitative estimate of drug-likeness (QED) is 0.592. The van der Waals surface area contributed by atoms with Crippen molar-refractivity contribution in [3.8, 4) is 0 Å². The van der Waals surface area contributed by atoms with Crippen LogP contribution < -0.4 is 0 Å². The normalized spacial score (nSPS) is 29.8. The van der Waals surface area contributed by atoms with E-state index in [0.717, 1.165) is 44.2 Å². The molecule has 0 radical (unpaired) electrons. The Hall–Kier alpha value is -1.26. The topological polar surface area (TPSA) is 62.1 Å². The average molecular weight is 282 g/mol. The van der Waals surface area contributed by atoms with E-state index in [1.165, 1.54) is 0 Å². The van der Waals surface area contributed by atoms with Gasteiger partial charge in [-0.15, -0.1) is 0 Å². The molecule has 1 N–H and O–H groups in total. The van der Waals surface area contributed by atoms with Crippen LogP contribution in [-0.4, -0.2) is 40.6 Å². The summed E-state index contributed by atoms with van der Waals surface area (Å²) in [5, 5.41) is 12.0. The minimum absolute atomic E-state index is 0.232. The molecule has 2 fully saturated rings. The summed E-state index contributed by atoms with van der Waals surface area (Å²) in [7, 11) is 1.83. The van der Waals surface area contributed by atoms with E-state index in [1.807, 2.05) is 27.8 Å². The van der Waals surface area contributed by atoms with E-state index in [-0.39, 0.29) is 12.1 Å². The fourth-order valence-corrected chi connectivity index (χ4v) is 3.32. The van der Waals surface area contributed by atoms with Gasteiger partial charge in [-0.2, -0.15) is 0 Å². The number of amides is 1. The van der Waals surface area contributed by atoms with Gasteiger partial charge in [-0.1, -0.05) is 5.16 Å². The molecule has 20 heavy (non-hydrogen) atoms. The number of carbonyl (C=O) groups excluding carboxylic acids is 1. The molecule has 2 saturated carbocycles. The van der Waals surface area contributed by atoms with Crippen molar-refractivity contribution in [1.82, 2.24) is 4.90 Å². The predicted octanol–water partition coefficient (Wildman–Crippen LogP) is 3.41. The number of rotatable bonds is 1. The summed E-state index contributed by atoms with van der Waals surface area (Å²) in [6, 6.07) is 0.269. The molecule has 0 unspecified atom stereocenters. The van der Waals surface area contributed by atoms with Crippen molar-refractivity contribution >= 4 is 11.8 Å². The summed E-state index contributed by atoms with van der Waals surface area (Å²) >= 11 is 0. The van der Waals surface area contributed by atoms with Crippen LogP contribution in [0.4, 0.5) is 4.79 Å². The summed E-state index contributed by atoms with van der Waals surface area (Å²) in [6.07, 6.45) is 5.83. The molecular weight excluding hydrogens is 256 g/mol. The van der Waals surface area contributed by atoms with Gasteiger partial charge < -0.3 is 14.8 Å². The van der Waals surface area contributed by atoms with E-state index >= 15 is 0 Å². The van der Waals surface area contributed by atoms with Crippen molar-refractivity contribution < 1.29 is 14.7 Å². The minimum Gasteiger partial charge on any atom is -0.444 e. The third-order valence-electron chi connectivity index (χ3n) is 4.54. The maximum atomic E-state index is 12.1. The number of hydrogen-bond donors (Lipinski definition) is 1. The molecule has 1 spiro atoms. The molecule has 0 saturated heterocycles. The first-order valence-corrected chi connectivity index (χ1v) is 7.40. The maximum Gasteiger partial charge on any atom is 0.410 e. The number of ether oxygens (including phenoxy) is 1. The molecule has 0 aliphatic heterocycles. The van der Waals surface area contributed by atoms with Crippen molar-refractivity contribution in [1.29, 1.82) is 0 Å². The second kappa shape index (κ2) is 5.26. The smallest absolute Gasteiger partial charge is 0.410 e. The van der Waals surface area contributed by atoms with Crippen molar-refractivity contribution in [2.45, 2.75) is 70.9 Å². The molecule has 2 aliphatic carbocycles. The van der Waals surface area contributed by atoms with E-state index in [2.05, 4.69) is 5.16 Å². The molecule has 0 aromatic carbocycles. The average Bonchev–Trinajstić information content (AvgIpc) is 2.33. The van der Waals surface area contributed by atoms with Gasteiger partial charge in [-0.3, -0.25) is 0 Å². The molecule has 114 valence electrons. The van der Waals surface area contributed by atoms with E-state index in [9.17, 15) is 4.79 Å². The summed E-state index contributed by atoms with van der Waals surface area (Å²) in [5.41, 5.74) is 0.818. The number of carbonyl (C=O) groups is 1. The van der Waals surface area contributed by atoms with Crippen molar-refractivity contribution in [2.24, 2.45) is 10.6 Å². The third kappa shape index (κ3) is 3.25. The summed E-state index contributed by atoms with van der Waals surface area (Å²) in [6.45, 7) is 5.66. The van der Waals surface area contributed by atoms with Crippen LogP contribution in [-0.2, 0) is 4.74 Å². The van der Waals surface area contributed by atoms with Gasteiger partial charge in [0.15, 0.2) is 0 Å². The van der Waals surface area contributed by atoms with Crippen LogP contribution in [0.25, 0.3) is 0 Å². The van der Waals surface area contributed by atoms with Crippen LogP contribution in [0.3, 0.4) is 0 Å². The Morgan fingerprint density at radius 2 is 1.90 bits per heavy atom. The minimum atomic E-state index is -0.443. The Morgan fingerprint density at radius 1 is 1.35 bits per heavy atom. The Morgan fingerprint density at radius 3 is 2.35 bits per heavy atom. The van der Waals surface area contributed by atoms with Crippen LogP contribution >= 0.6 is 0 Å². The molecule has 2 rings (SSSR count). The lowest BCUT2D eigenvalue weighted by molar-refractivity contribution is 0.0115. The Kier molecular flexibility index (Phi) is 3.98. The second-order valence-corrected chi connectivity index (χ2v) is 7.34. The molecular formula is C15H26N2O3. The zero-order valence-electron chi connectivity index (χ0n) is 13.0. The van der Waals surface area contributed by atoms with Gasteiger partial charge >= 0.3 is 6.09 Å². The van der Waals surface area contributed by atoms with E-state index in [0.29, 0.717) is 5.41 Å². The largest absolute Gasteiger partial charge is 0.444 e. The Balaban J connectivity index is 1.83. The summed E-state index contributed by atoms with van der Waals surface area (Å²) < 4.78 is 5.41. The first kappa shape index (κ1) is 15.1. The van der Waals surface area contributed by atoms with Gasteiger partial charge in [-0.25, -0.2) is 4.79 Å². The molecule has 2 aliphatic rings. The van der Waals surface area contributed by atoms with Gasteiger partial charge in [0.2, 0.25) is 0 Å². The summed E-state index contributed by atoms with van der Waals surface area (Å²) in [4.78, 5) is 13.8. The highest BCUT2D eigenvalue weighted by Gasteiger charge is 2.45. The van der Waals surface area contributed by atoms with Crippen molar-refractivity contribution in [2.75, 3.05) is 7.05 Å². The monoisotopic (exact) mass is 282 g/mol. The Labute approximate surface area is 121 Å². The fraction of sp³-hybridized carbons (Fsp3) is 0.867. The highest BCUT2D eigenvalue weighted by molar-refractivity contribution is 5.91. The molecule has 5 heteroatoms. The number of oxime groups is 1. The number of nitrogens with zero attached hydrogens (tertiary/aromatic N) is 2. The van der Waals surface area contributed by atoms with E-state index in [1.54, 1.807) is 4.90 Å². The Bertz CT molecular complexity index is 394. The van der Waals surface area contributed by atoms with Gasteiger partial charge in [-0.05, 0) is 64.7 Å². The molecule has 0 bridgehead atoms. The molecule has 0 atom stereocenters. The molecule has 0 heterocycles. The lowest BCUT2D eigenvalue weighted by Gasteiger charge is -2.48. The lowest BCUT2D eigenvalue weighted by Crippen LogP contribution is -2.47. The first-order valence-electron chi connectivity index (χ1n) is 7.40. The zero-order chi connectivity index (χ0) is 15.0. The fourth-order valence-electron chi connectivity index (χ4n) is 3.32. The first-order chi connectivity index (χ1) is 9.25. The standard InChI is InChI=1S/C15H26N2O3/c1-14(2,3)20-13(18)17(4)12-5-7-15(8-6-12)9-11(10-15)16-19/h12,19H,5-10H2,1-4H3. The van der Waals surface area contributed by atoms with Crippen LogP contribution in [0.1, 0.15) is 59.3 Å². The SMILES string of the molecule is CN(C(=O)OC(C)(C)C)C1CCC2(CC1)CC(=NO)C2. The van der Waals surface area contributed by atoms with Crippen LogP contribution in [0.2, 0.25) is 0 Å². The highest BCUT2D eigenvalue weighted by Crippen LogP contribution is 2.50. The maximum absolute atomic E-state index is 12.1. The predicted molar refractivity (Wildman–Crippen MR) is 77.1 cm³/mol. The van der Waals surface area contributed by atoms with Gasteiger partial charge in [0.1, 0.15) is 5.60 Å². The van der Waals surface area contributed by atoms with Gasteiger partial charge in [0.25, 0.3) is 0 Å². The van der Waals surface area contributed by atoms with Crippen LogP contribution in [0, 0.1) is 5.41 Å².